The highest BCUT2D eigenvalue weighted by molar-refractivity contribution is 6.32. The number of pyridine rings is 1. The molecular weight excluding hydrogens is 468 g/mol. The van der Waals surface area contributed by atoms with Gasteiger partial charge in [0.1, 0.15) is 22.7 Å². The van der Waals surface area contributed by atoms with Gasteiger partial charge in [0.05, 0.1) is 24.9 Å². The van der Waals surface area contributed by atoms with E-state index in [0.29, 0.717) is 29.0 Å². The average molecular weight is 501 g/mol. The highest BCUT2D eigenvalue weighted by Crippen LogP contribution is 2.38. The second-order valence-corrected chi connectivity index (χ2v) is 10.2. The van der Waals surface area contributed by atoms with E-state index in [1.165, 1.54) is 0 Å². The molecule has 1 aliphatic rings. The van der Waals surface area contributed by atoms with E-state index >= 15 is 0 Å². The van der Waals surface area contributed by atoms with Gasteiger partial charge in [-0.05, 0) is 51.7 Å². The molecule has 0 saturated carbocycles. The van der Waals surface area contributed by atoms with E-state index in [1.807, 2.05) is 43.6 Å². The zero-order chi connectivity index (χ0) is 25.2. The number of benzene rings is 1. The third kappa shape index (κ3) is 5.93. The third-order valence-corrected chi connectivity index (χ3v) is 6.40. The van der Waals surface area contributed by atoms with Gasteiger partial charge in [-0.1, -0.05) is 11.6 Å². The van der Waals surface area contributed by atoms with Crippen LogP contribution in [0.3, 0.4) is 0 Å². The monoisotopic (exact) mass is 500 g/mol. The number of nitrogens with zero attached hydrogens (tertiary/aromatic N) is 3. The van der Waals surface area contributed by atoms with Gasteiger partial charge in [-0.3, -0.25) is 0 Å². The van der Waals surface area contributed by atoms with Gasteiger partial charge < -0.3 is 28.8 Å². The van der Waals surface area contributed by atoms with Crippen LogP contribution in [0.15, 0.2) is 36.7 Å². The molecule has 3 heterocycles. The first-order chi connectivity index (χ1) is 16.7. The summed E-state index contributed by atoms with van der Waals surface area (Å²) >= 11 is 6.36. The number of amides is 1. The molecule has 4 rings (SSSR count). The first-order valence-electron chi connectivity index (χ1n) is 11.8. The lowest BCUT2D eigenvalue weighted by atomic mass is 9.96. The van der Waals surface area contributed by atoms with Crippen molar-refractivity contribution in [2.24, 2.45) is 5.92 Å². The molecule has 0 unspecified atom stereocenters. The molecule has 3 aromatic rings. The van der Waals surface area contributed by atoms with Crippen molar-refractivity contribution in [3.05, 3.63) is 41.7 Å². The predicted octanol–water partition coefficient (Wildman–Crippen LogP) is 5.41. The van der Waals surface area contributed by atoms with Gasteiger partial charge in [0.2, 0.25) is 0 Å². The van der Waals surface area contributed by atoms with Crippen molar-refractivity contribution < 1.29 is 19.0 Å². The first kappa shape index (κ1) is 25.0. The number of hydrogen-bond acceptors (Lipinski definition) is 6. The van der Waals surface area contributed by atoms with E-state index in [4.69, 9.17) is 30.8 Å². The SMILES string of the molecule is COc1cc(OC)c(-c2cn3ccc(N4CCC(CNC(=O)OC(C)(C)C)CC4)cc3n2)cc1Cl. The number of rotatable bonds is 6. The van der Waals surface area contributed by atoms with Gasteiger partial charge in [-0.15, -0.1) is 0 Å². The Hall–Kier alpha value is -3.13. The maximum Gasteiger partial charge on any atom is 0.407 e. The number of methoxy groups -OCH3 is 2. The van der Waals surface area contributed by atoms with Crippen LogP contribution in [0, 0.1) is 5.92 Å². The molecule has 0 aliphatic carbocycles. The Morgan fingerprint density at radius 2 is 1.86 bits per heavy atom. The van der Waals surface area contributed by atoms with Gasteiger partial charge in [0.15, 0.2) is 0 Å². The number of alkyl carbamates (subject to hydrolysis) is 1. The summed E-state index contributed by atoms with van der Waals surface area (Å²) in [6, 6.07) is 7.79. The standard InChI is InChI=1S/C26H33ClN4O4/c1-26(2,3)35-25(32)28-15-17-6-9-30(10-7-17)18-8-11-31-16-21(29-24(31)12-18)19-13-20(27)23(34-5)14-22(19)33-4/h8,11-14,16-17H,6-7,9-10,15H2,1-5H3,(H,28,32). The molecule has 1 N–H and O–H groups in total. The van der Waals surface area contributed by atoms with E-state index in [-0.39, 0.29) is 6.09 Å². The number of ether oxygens (including phenoxy) is 3. The van der Waals surface area contributed by atoms with Crippen LogP contribution in [0.2, 0.25) is 5.02 Å². The van der Waals surface area contributed by atoms with Crippen LogP contribution < -0.4 is 19.7 Å². The number of hydrogen-bond donors (Lipinski definition) is 1. The normalized spacial score (nSPS) is 14.7. The fourth-order valence-corrected chi connectivity index (χ4v) is 4.54. The lowest BCUT2D eigenvalue weighted by Gasteiger charge is -2.33. The number of carbonyl (C=O) groups excluding carboxylic acids is 1. The fourth-order valence-electron chi connectivity index (χ4n) is 4.29. The Bertz CT molecular complexity index is 1200. The quantitative estimate of drug-likeness (QED) is 0.487. The molecule has 1 aromatic carbocycles. The zero-order valence-electron chi connectivity index (χ0n) is 20.9. The van der Waals surface area contributed by atoms with Crippen LogP contribution >= 0.6 is 11.6 Å². The van der Waals surface area contributed by atoms with E-state index in [9.17, 15) is 4.79 Å². The molecule has 2 aromatic heterocycles. The summed E-state index contributed by atoms with van der Waals surface area (Å²) in [5.41, 5.74) is 3.08. The molecule has 1 amide bonds. The number of fused-ring (bicyclic) bond motifs is 1. The van der Waals surface area contributed by atoms with Crippen LogP contribution in [0.4, 0.5) is 10.5 Å². The summed E-state index contributed by atoms with van der Waals surface area (Å²) in [7, 11) is 3.19. The largest absolute Gasteiger partial charge is 0.496 e. The van der Waals surface area contributed by atoms with Crippen LogP contribution in [-0.4, -0.2) is 54.9 Å². The van der Waals surface area contributed by atoms with Crippen molar-refractivity contribution in [2.75, 3.05) is 38.8 Å². The molecular formula is C26H33ClN4O4. The second kappa shape index (κ2) is 10.2. The lowest BCUT2D eigenvalue weighted by molar-refractivity contribution is 0.0517. The first-order valence-corrected chi connectivity index (χ1v) is 12.2. The molecule has 0 spiro atoms. The Morgan fingerprint density at radius 1 is 1.14 bits per heavy atom. The molecule has 1 fully saturated rings. The van der Waals surface area contributed by atoms with Crippen LogP contribution in [0.5, 0.6) is 11.5 Å². The fraction of sp³-hybridized carbons (Fsp3) is 0.462. The number of nitrogens with one attached hydrogen (secondary N) is 1. The number of anilines is 1. The summed E-state index contributed by atoms with van der Waals surface area (Å²) in [4.78, 5) is 19.1. The molecule has 0 atom stereocenters. The van der Waals surface area contributed by atoms with Crippen LogP contribution in [0.1, 0.15) is 33.6 Å². The number of imidazole rings is 1. The van der Waals surface area contributed by atoms with Gasteiger partial charge in [-0.25, -0.2) is 9.78 Å². The molecule has 0 bridgehead atoms. The van der Waals surface area contributed by atoms with Gasteiger partial charge in [0.25, 0.3) is 0 Å². The number of carbonyl (C=O) groups is 1. The van der Waals surface area contributed by atoms with Crippen molar-refractivity contribution in [2.45, 2.75) is 39.2 Å². The third-order valence-electron chi connectivity index (χ3n) is 6.11. The minimum Gasteiger partial charge on any atom is -0.496 e. The number of piperidine rings is 1. The lowest BCUT2D eigenvalue weighted by Crippen LogP contribution is -2.40. The molecule has 8 nitrogen and oxygen atoms in total. The molecule has 9 heteroatoms. The van der Waals surface area contributed by atoms with Gasteiger partial charge in [-0.2, -0.15) is 0 Å². The predicted molar refractivity (Wildman–Crippen MR) is 138 cm³/mol. The summed E-state index contributed by atoms with van der Waals surface area (Å²) in [5, 5.41) is 3.41. The number of halogens is 1. The summed E-state index contributed by atoms with van der Waals surface area (Å²) in [6.45, 7) is 8.09. The van der Waals surface area contributed by atoms with Gasteiger partial charge >= 0.3 is 6.09 Å². The summed E-state index contributed by atoms with van der Waals surface area (Å²) in [5.74, 6) is 1.65. The highest BCUT2D eigenvalue weighted by atomic mass is 35.5. The van der Waals surface area contributed by atoms with E-state index < -0.39 is 5.60 Å². The van der Waals surface area contributed by atoms with Crippen LogP contribution in [-0.2, 0) is 4.74 Å². The minimum atomic E-state index is -0.483. The second-order valence-electron chi connectivity index (χ2n) is 9.78. The van der Waals surface area contributed by atoms with Crippen LogP contribution in [0.25, 0.3) is 16.9 Å². The van der Waals surface area contributed by atoms with Crippen molar-refractivity contribution in [3.63, 3.8) is 0 Å². The minimum absolute atomic E-state index is 0.352. The Balaban J connectivity index is 1.43. The van der Waals surface area contributed by atoms with Crippen molar-refractivity contribution in [1.82, 2.24) is 14.7 Å². The molecule has 1 saturated heterocycles. The molecule has 35 heavy (non-hydrogen) atoms. The maximum atomic E-state index is 11.9. The average Bonchev–Trinajstić information content (AvgIpc) is 3.25. The van der Waals surface area contributed by atoms with Gasteiger partial charge in [0, 0.05) is 55.4 Å². The maximum absolute atomic E-state index is 11.9. The summed E-state index contributed by atoms with van der Waals surface area (Å²) in [6.07, 6.45) is 5.64. The summed E-state index contributed by atoms with van der Waals surface area (Å²) < 4.78 is 18.2. The Labute approximate surface area is 211 Å². The van der Waals surface area contributed by atoms with Crippen molar-refractivity contribution in [3.8, 4) is 22.8 Å². The Morgan fingerprint density at radius 3 is 2.51 bits per heavy atom. The molecule has 1 aliphatic heterocycles. The zero-order valence-corrected chi connectivity index (χ0v) is 21.7. The highest BCUT2D eigenvalue weighted by Gasteiger charge is 2.22. The number of aromatic nitrogens is 2. The van der Waals surface area contributed by atoms with E-state index in [1.54, 1.807) is 20.3 Å². The topological polar surface area (TPSA) is 77.3 Å². The van der Waals surface area contributed by atoms with E-state index in [0.717, 1.165) is 48.5 Å². The van der Waals surface area contributed by atoms with Crippen molar-refractivity contribution in [1.29, 1.82) is 0 Å². The van der Waals surface area contributed by atoms with E-state index in [2.05, 4.69) is 22.3 Å². The van der Waals surface area contributed by atoms with Crippen molar-refractivity contribution >= 4 is 29.0 Å². The smallest absolute Gasteiger partial charge is 0.407 e. The Kier molecular flexibility index (Phi) is 7.31. The molecule has 0 radical (unpaired) electrons. The molecule has 188 valence electrons.